The van der Waals surface area contributed by atoms with Crippen molar-refractivity contribution in [1.29, 1.82) is 0 Å². The first-order chi connectivity index (χ1) is 11.7. The van der Waals surface area contributed by atoms with Gasteiger partial charge in [-0.05, 0) is 41.5 Å². The second-order valence-corrected chi connectivity index (χ2v) is 5.78. The van der Waals surface area contributed by atoms with Gasteiger partial charge in [0.2, 0.25) is 0 Å². The SMILES string of the molecule is COC(OC)c1cc2cc(-c3ccc4c(c3)COC4=O)ccc2[nH]1. The van der Waals surface area contributed by atoms with Gasteiger partial charge in [-0.25, -0.2) is 4.79 Å². The van der Waals surface area contributed by atoms with Crippen LogP contribution in [0.1, 0.15) is 27.9 Å². The second kappa shape index (κ2) is 5.78. The molecular formula is C19H17NO4. The van der Waals surface area contributed by atoms with E-state index in [1.807, 2.05) is 30.3 Å². The van der Waals surface area contributed by atoms with E-state index >= 15 is 0 Å². The molecule has 1 N–H and O–H groups in total. The fraction of sp³-hybridized carbons (Fsp3) is 0.211. The summed E-state index contributed by atoms with van der Waals surface area (Å²) in [6, 6.07) is 14.0. The average Bonchev–Trinajstić information content (AvgIpc) is 3.19. The molecule has 0 amide bonds. The van der Waals surface area contributed by atoms with E-state index in [-0.39, 0.29) is 5.97 Å². The van der Waals surface area contributed by atoms with Gasteiger partial charge in [-0.15, -0.1) is 0 Å². The van der Waals surface area contributed by atoms with Gasteiger partial charge in [0.1, 0.15) is 6.61 Å². The minimum absolute atomic E-state index is 0.243. The smallest absolute Gasteiger partial charge is 0.338 e. The molecule has 5 nitrogen and oxygen atoms in total. The number of hydrogen-bond acceptors (Lipinski definition) is 4. The highest BCUT2D eigenvalue weighted by Gasteiger charge is 2.21. The lowest BCUT2D eigenvalue weighted by Crippen LogP contribution is -2.03. The maximum Gasteiger partial charge on any atom is 0.338 e. The first kappa shape index (κ1) is 14.9. The summed E-state index contributed by atoms with van der Waals surface area (Å²) in [4.78, 5) is 14.9. The molecule has 0 spiro atoms. The Morgan fingerprint density at radius 3 is 2.58 bits per heavy atom. The molecule has 0 atom stereocenters. The molecule has 5 heteroatoms. The molecule has 0 unspecified atom stereocenters. The topological polar surface area (TPSA) is 60.6 Å². The van der Waals surface area contributed by atoms with Crippen LogP contribution in [0, 0.1) is 0 Å². The number of aromatic nitrogens is 1. The van der Waals surface area contributed by atoms with Crippen LogP contribution in [0.3, 0.4) is 0 Å². The number of rotatable bonds is 4. The van der Waals surface area contributed by atoms with Crippen LogP contribution in [-0.2, 0) is 20.8 Å². The van der Waals surface area contributed by atoms with Gasteiger partial charge < -0.3 is 19.2 Å². The second-order valence-electron chi connectivity index (χ2n) is 5.78. The third-order valence-electron chi connectivity index (χ3n) is 4.34. The van der Waals surface area contributed by atoms with E-state index in [0.717, 1.165) is 33.3 Å². The zero-order valence-corrected chi connectivity index (χ0v) is 13.5. The van der Waals surface area contributed by atoms with Crippen molar-refractivity contribution in [1.82, 2.24) is 4.98 Å². The van der Waals surface area contributed by atoms with E-state index < -0.39 is 6.29 Å². The monoisotopic (exact) mass is 323 g/mol. The van der Waals surface area contributed by atoms with E-state index in [1.165, 1.54) is 0 Å². The van der Waals surface area contributed by atoms with Crippen molar-refractivity contribution in [2.24, 2.45) is 0 Å². The van der Waals surface area contributed by atoms with Gasteiger partial charge in [0.25, 0.3) is 0 Å². The number of esters is 1. The molecule has 122 valence electrons. The van der Waals surface area contributed by atoms with Crippen molar-refractivity contribution in [3.8, 4) is 11.1 Å². The molecule has 0 radical (unpaired) electrons. The summed E-state index contributed by atoms with van der Waals surface area (Å²) >= 11 is 0. The lowest BCUT2D eigenvalue weighted by atomic mass is 9.99. The van der Waals surface area contributed by atoms with Gasteiger partial charge in [0.15, 0.2) is 6.29 Å². The Morgan fingerprint density at radius 1 is 1.04 bits per heavy atom. The highest BCUT2D eigenvalue weighted by molar-refractivity contribution is 5.94. The summed E-state index contributed by atoms with van der Waals surface area (Å²) in [7, 11) is 3.22. The zero-order chi connectivity index (χ0) is 16.7. The van der Waals surface area contributed by atoms with E-state index in [1.54, 1.807) is 14.2 Å². The summed E-state index contributed by atoms with van der Waals surface area (Å²) < 4.78 is 15.6. The number of nitrogens with one attached hydrogen (secondary N) is 1. The number of hydrogen-bond donors (Lipinski definition) is 1. The summed E-state index contributed by atoms with van der Waals surface area (Å²) in [6.07, 6.45) is -0.413. The van der Waals surface area contributed by atoms with Gasteiger partial charge in [-0.3, -0.25) is 0 Å². The van der Waals surface area contributed by atoms with Gasteiger partial charge in [-0.2, -0.15) is 0 Å². The number of ether oxygens (including phenoxy) is 3. The molecule has 1 aliphatic heterocycles. The number of methoxy groups -OCH3 is 2. The molecule has 0 aliphatic carbocycles. The summed E-state index contributed by atoms with van der Waals surface area (Å²) in [6.45, 7) is 0.349. The van der Waals surface area contributed by atoms with E-state index in [9.17, 15) is 4.79 Å². The van der Waals surface area contributed by atoms with Gasteiger partial charge in [-0.1, -0.05) is 12.1 Å². The molecule has 2 aromatic carbocycles. The van der Waals surface area contributed by atoms with Crippen LogP contribution in [0.2, 0.25) is 0 Å². The molecule has 24 heavy (non-hydrogen) atoms. The summed E-state index contributed by atoms with van der Waals surface area (Å²) in [5.74, 6) is -0.243. The molecule has 0 bridgehead atoms. The van der Waals surface area contributed by atoms with Crippen molar-refractivity contribution >= 4 is 16.9 Å². The summed E-state index contributed by atoms with van der Waals surface area (Å²) in [5.41, 5.74) is 5.64. The molecule has 2 heterocycles. The Bertz CT molecular complexity index is 924. The highest BCUT2D eigenvalue weighted by atomic mass is 16.7. The van der Waals surface area contributed by atoms with Crippen LogP contribution in [0.4, 0.5) is 0 Å². The number of cyclic esters (lactones) is 1. The predicted molar refractivity (Wildman–Crippen MR) is 89.6 cm³/mol. The minimum atomic E-state index is -0.413. The molecule has 0 fully saturated rings. The molecule has 0 saturated heterocycles. The van der Waals surface area contributed by atoms with Crippen LogP contribution in [0.5, 0.6) is 0 Å². The van der Waals surface area contributed by atoms with Crippen LogP contribution < -0.4 is 0 Å². The molecular weight excluding hydrogens is 306 g/mol. The lowest BCUT2D eigenvalue weighted by molar-refractivity contribution is -0.108. The van der Waals surface area contributed by atoms with Crippen molar-refractivity contribution in [2.75, 3.05) is 14.2 Å². The number of fused-ring (bicyclic) bond motifs is 2. The Labute approximate surface area is 139 Å². The number of benzene rings is 2. The third-order valence-corrected chi connectivity index (χ3v) is 4.34. The standard InChI is InChI=1S/C19H17NO4/c1-22-19(23-2)17-9-13-7-12(4-6-16(13)20-17)11-3-5-15-14(8-11)10-24-18(15)21/h3-9,19-20H,10H2,1-2H3. The molecule has 3 aromatic rings. The van der Waals surface area contributed by atoms with Gasteiger partial charge in [0, 0.05) is 30.7 Å². The normalized spacial score (nSPS) is 13.5. The van der Waals surface area contributed by atoms with E-state index in [0.29, 0.717) is 12.2 Å². The molecule has 1 aliphatic rings. The Morgan fingerprint density at radius 2 is 1.79 bits per heavy atom. The molecule has 4 rings (SSSR count). The number of H-pyrrole nitrogens is 1. The molecule has 0 saturated carbocycles. The van der Waals surface area contributed by atoms with Gasteiger partial charge in [0.05, 0.1) is 11.3 Å². The lowest BCUT2D eigenvalue weighted by Gasteiger charge is -2.10. The minimum Gasteiger partial charge on any atom is -0.457 e. The highest BCUT2D eigenvalue weighted by Crippen LogP contribution is 2.30. The van der Waals surface area contributed by atoms with Crippen LogP contribution in [0.15, 0.2) is 42.5 Å². The van der Waals surface area contributed by atoms with Crippen molar-refractivity contribution in [3.63, 3.8) is 0 Å². The molecule has 1 aromatic heterocycles. The predicted octanol–water partition coefficient (Wildman–Crippen LogP) is 3.80. The van der Waals surface area contributed by atoms with Crippen LogP contribution >= 0.6 is 0 Å². The Balaban J connectivity index is 1.74. The first-order valence-electron chi connectivity index (χ1n) is 7.68. The summed E-state index contributed by atoms with van der Waals surface area (Å²) in [5, 5.41) is 1.08. The number of carbonyl (C=O) groups excluding carboxylic acids is 1. The van der Waals surface area contributed by atoms with Crippen molar-refractivity contribution in [2.45, 2.75) is 12.9 Å². The van der Waals surface area contributed by atoms with E-state index in [4.69, 9.17) is 14.2 Å². The average molecular weight is 323 g/mol. The van der Waals surface area contributed by atoms with Crippen LogP contribution in [-0.4, -0.2) is 25.2 Å². The largest absolute Gasteiger partial charge is 0.457 e. The third kappa shape index (κ3) is 2.38. The van der Waals surface area contributed by atoms with Crippen LogP contribution in [0.25, 0.3) is 22.0 Å². The Kier molecular flexibility index (Phi) is 3.59. The van der Waals surface area contributed by atoms with E-state index in [2.05, 4.69) is 17.1 Å². The first-order valence-corrected chi connectivity index (χ1v) is 7.68. The van der Waals surface area contributed by atoms with Crippen molar-refractivity contribution < 1.29 is 19.0 Å². The van der Waals surface area contributed by atoms with Crippen molar-refractivity contribution in [3.05, 3.63) is 59.3 Å². The zero-order valence-electron chi connectivity index (χ0n) is 13.5. The fourth-order valence-electron chi connectivity index (χ4n) is 3.12. The quantitative estimate of drug-likeness (QED) is 0.586. The Hall–Kier alpha value is -2.63. The number of carbonyl (C=O) groups is 1. The fourth-order valence-corrected chi connectivity index (χ4v) is 3.12. The maximum absolute atomic E-state index is 11.6. The number of aromatic amines is 1. The van der Waals surface area contributed by atoms with Gasteiger partial charge >= 0.3 is 5.97 Å². The maximum atomic E-state index is 11.6.